The summed E-state index contributed by atoms with van der Waals surface area (Å²) in [7, 11) is 0. The molecule has 0 aliphatic heterocycles. The van der Waals surface area contributed by atoms with Crippen LogP contribution in [0.1, 0.15) is 94.2 Å². The van der Waals surface area contributed by atoms with Gasteiger partial charge in [-0.05, 0) is 84.6 Å². The minimum atomic E-state index is 1.19. The summed E-state index contributed by atoms with van der Waals surface area (Å²) in [6.45, 7) is 28.5. The number of benzene rings is 6. The molecule has 0 radical (unpaired) electrons. The van der Waals surface area contributed by atoms with E-state index in [9.17, 15) is 0 Å². The highest BCUT2D eigenvalue weighted by molar-refractivity contribution is 6.10. The third-order valence-corrected chi connectivity index (χ3v) is 8.39. The average molecular weight is 693 g/mol. The van der Waals surface area contributed by atoms with Crippen LogP contribution in [0.5, 0.6) is 0 Å². The smallest absolute Gasteiger partial charge is 0.0541 e. The number of rotatable bonds is 3. The van der Waals surface area contributed by atoms with E-state index in [1.807, 2.05) is 83.1 Å². The zero-order chi connectivity index (χ0) is 38.8. The molecular weight excluding hydrogens is 629 g/mol. The molecule has 274 valence electrons. The van der Waals surface area contributed by atoms with Gasteiger partial charge >= 0.3 is 0 Å². The maximum Gasteiger partial charge on any atom is 0.0541 e. The fourth-order valence-electron chi connectivity index (χ4n) is 6.58. The molecule has 0 aliphatic carbocycles. The number of hydrogen-bond acceptors (Lipinski definition) is 0. The quantitative estimate of drug-likeness (QED) is 0.174. The Kier molecular flexibility index (Phi) is 18.2. The van der Waals surface area contributed by atoms with Gasteiger partial charge in [-0.15, -0.1) is 0 Å². The molecule has 2 heteroatoms. The molecule has 0 fully saturated rings. The van der Waals surface area contributed by atoms with E-state index < -0.39 is 0 Å². The summed E-state index contributed by atoms with van der Waals surface area (Å²) in [4.78, 5) is 0. The first-order valence-corrected chi connectivity index (χ1v) is 19.9. The maximum absolute atomic E-state index is 2.39. The monoisotopic (exact) mass is 693 g/mol. The lowest BCUT2D eigenvalue weighted by atomic mass is 9.95. The van der Waals surface area contributed by atoms with E-state index >= 15 is 0 Å². The Morgan fingerprint density at radius 2 is 0.519 bits per heavy atom. The van der Waals surface area contributed by atoms with Gasteiger partial charge in [-0.3, -0.25) is 0 Å². The van der Waals surface area contributed by atoms with Crippen molar-refractivity contribution in [3.63, 3.8) is 0 Å². The molecule has 0 atom stereocenters. The molecule has 0 bridgehead atoms. The Morgan fingerprint density at radius 1 is 0.288 bits per heavy atom. The topological polar surface area (TPSA) is 9.86 Å². The summed E-state index contributed by atoms with van der Waals surface area (Å²) in [6, 6.07) is 48.5. The van der Waals surface area contributed by atoms with Crippen LogP contribution in [0, 0.1) is 13.8 Å². The standard InChI is InChI=1S/C38H28N2.6C2H6/c1-25-23-27(39-35-15-7-3-11-31(35)32-12-4-8-16-36(32)39)19-21-29(25)30-22-20-28(24-26(30)2)40-37-17-9-5-13-33(37)34-14-6-10-18-38(34)40;6*1-2/h3-24H,1-2H3;6*1-2H3. The van der Waals surface area contributed by atoms with Crippen molar-refractivity contribution in [1.82, 2.24) is 9.13 Å². The van der Waals surface area contributed by atoms with Crippen molar-refractivity contribution in [2.45, 2.75) is 96.9 Å². The van der Waals surface area contributed by atoms with Gasteiger partial charge in [-0.25, -0.2) is 0 Å². The number of nitrogens with zero attached hydrogens (tertiary/aromatic N) is 2. The molecule has 0 saturated heterocycles. The number of para-hydroxylation sites is 4. The third-order valence-electron chi connectivity index (χ3n) is 8.39. The number of fused-ring (bicyclic) bond motifs is 6. The zero-order valence-electron chi connectivity index (χ0n) is 34.6. The average Bonchev–Trinajstić information content (AvgIpc) is 3.76. The van der Waals surface area contributed by atoms with Crippen molar-refractivity contribution >= 4 is 43.6 Å². The summed E-state index contributed by atoms with van der Waals surface area (Å²) >= 11 is 0. The van der Waals surface area contributed by atoms with Gasteiger partial charge in [0.05, 0.1) is 22.1 Å². The van der Waals surface area contributed by atoms with E-state index in [0.717, 1.165) is 0 Å². The minimum absolute atomic E-state index is 1.19. The Labute approximate surface area is 315 Å². The Morgan fingerprint density at radius 3 is 0.750 bits per heavy atom. The predicted octanol–water partition coefficient (Wildman–Crippen LogP) is 16.3. The molecule has 0 amide bonds. The molecule has 8 rings (SSSR count). The second-order valence-electron chi connectivity index (χ2n) is 10.7. The van der Waals surface area contributed by atoms with E-state index in [4.69, 9.17) is 0 Å². The van der Waals surface area contributed by atoms with E-state index in [-0.39, 0.29) is 0 Å². The second kappa shape index (κ2) is 22.0. The molecule has 0 aliphatic rings. The minimum Gasteiger partial charge on any atom is -0.309 e. The first-order valence-electron chi connectivity index (χ1n) is 19.9. The Hall–Kier alpha value is -5.08. The van der Waals surface area contributed by atoms with Gasteiger partial charge in [0, 0.05) is 32.9 Å². The summed E-state index contributed by atoms with van der Waals surface area (Å²) < 4.78 is 4.78. The van der Waals surface area contributed by atoms with Crippen molar-refractivity contribution in [3.8, 4) is 22.5 Å². The highest BCUT2D eigenvalue weighted by Crippen LogP contribution is 2.36. The summed E-state index contributed by atoms with van der Waals surface area (Å²) in [5.41, 5.74) is 12.4. The molecule has 0 saturated carbocycles. The number of aromatic nitrogens is 2. The molecule has 2 nitrogen and oxygen atoms in total. The van der Waals surface area contributed by atoms with E-state index in [2.05, 4.69) is 156 Å². The molecule has 0 unspecified atom stereocenters. The second-order valence-corrected chi connectivity index (χ2v) is 10.7. The number of aryl methyl sites for hydroxylation is 2. The van der Waals surface area contributed by atoms with Crippen LogP contribution in [0.4, 0.5) is 0 Å². The normalized spacial score (nSPS) is 9.73. The lowest BCUT2D eigenvalue weighted by Gasteiger charge is -2.15. The van der Waals surface area contributed by atoms with Gasteiger partial charge < -0.3 is 9.13 Å². The molecule has 6 aromatic carbocycles. The SMILES string of the molecule is CC.CC.CC.CC.CC.CC.Cc1cc(-n2c3ccccc3c3ccccc32)ccc1-c1ccc(-n2c3ccccc3c3ccccc32)cc1C. The molecule has 52 heavy (non-hydrogen) atoms. The molecule has 8 aromatic rings. The van der Waals surface area contributed by atoms with Crippen LogP contribution in [0.3, 0.4) is 0 Å². The van der Waals surface area contributed by atoms with Crippen LogP contribution < -0.4 is 0 Å². The lowest BCUT2D eigenvalue weighted by molar-refractivity contribution is 1.16. The van der Waals surface area contributed by atoms with Crippen LogP contribution in [0.2, 0.25) is 0 Å². The first kappa shape index (κ1) is 43.1. The van der Waals surface area contributed by atoms with Crippen molar-refractivity contribution in [3.05, 3.63) is 145 Å². The highest BCUT2D eigenvalue weighted by Gasteiger charge is 2.15. The van der Waals surface area contributed by atoms with Gasteiger partial charge in [0.15, 0.2) is 0 Å². The molecule has 0 spiro atoms. The van der Waals surface area contributed by atoms with Gasteiger partial charge in [0.2, 0.25) is 0 Å². The van der Waals surface area contributed by atoms with E-state index in [1.165, 1.54) is 77.2 Å². The van der Waals surface area contributed by atoms with Gasteiger partial charge in [-0.1, -0.05) is 168 Å². The molecule has 2 aromatic heterocycles. The summed E-state index contributed by atoms with van der Waals surface area (Å²) in [5, 5.41) is 5.15. The Balaban J connectivity index is 0.000000713. The van der Waals surface area contributed by atoms with E-state index in [1.54, 1.807) is 0 Å². The maximum atomic E-state index is 2.39. The predicted molar refractivity (Wildman–Crippen MR) is 238 cm³/mol. The fraction of sp³-hybridized carbons (Fsp3) is 0.280. The molecular formula is C50H64N2. The largest absolute Gasteiger partial charge is 0.309 e. The lowest BCUT2D eigenvalue weighted by Crippen LogP contribution is -1.98. The zero-order valence-corrected chi connectivity index (χ0v) is 34.6. The summed E-state index contributed by atoms with van der Waals surface area (Å²) in [6.07, 6.45) is 0. The van der Waals surface area contributed by atoms with Crippen LogP contribution >= 0.6 is 0 Å². The van der Waals surface area contributed by atoms with Crippen molar-refractivity contribution < 1.29 is 0 Å². The van der Waals surface area contributed by atoms with Crippen molar-refractivity contribution in [2.75, 3.05) is 0 Å². The van der Waals surface area contributed by atoms with Crippen molar-refractivity contribution in [1.29, 1.82) is 0 Å². The third kappa shape index (κ3) is 8.51. The van der Waals surface area contributed by atoms with E-state index in [0.29, 0.717) is 0 Å². The summed E-state index contributed by atoms with van der Waals surface area (Å²) in [5.74, 6) is 0. The Bertz CT molecular complexity index is 1980. The molecule has 2 heterocycles. The highest BCUT2D eigenvalue weighted by atomic mass is 15.0. The van der Waals surface area contributed by atoms with Gasteiger partial charge in [0.1, 0.15) is 0 Å². The van der Waals surface area contributed by atoms with Gasteiger partial charge in [-0.2, -0.15) is 0 Å². The van der Waals surface area contributed by atoms with Gasteiger partial charge in [0.25, 0.3) is 0 Å². The fourth-order valence-corrected chi connectivity index (χ4v) is 6.58. The molecule has 0 N–H and O–H groups in total. The van der Waals surface area contributed by atoms with Crippen LogP contribution in [0.25, 0.3) is 66.1 Å². The first-order chi connectivity index (χ1) is 25.7. The van der Waals surface area contributed by atoms with Crippen LogP contribution in [-0.4, -0.2) is 9.13 Å². The number of hydrogen-bond donors (Lipinski definition) is 0. The van der Waals surface area contributed by atoms with Crippen LogP contribution in [-0.2, 0) is 0 Å². The van der Waals surface area contributed by atoms with Crippen molar-refractivity contribution in [2.24, 2.45) is 0 Å². The van der Waals surface area contributed by atoms with Crippen LogP contribution in [0.15, 0.2) is 133 Å².